The third-order valence-electron chi connectivity index (χ3n) is 4.56. The molecule has 0 spiro atoms. The Labute approximate surface area is 192 Å². The smallest absolute Gasteiger partial charge is 0.242 e. The van der Waals surface area contributed by atoms with Crippen molar-refractivity contribution in [2.75, 3.05) is 29.5 Å². The number of hydrogen-bond donors (Lipinski definition) is 4. The van der Waals surface area contributed by atoms with Crippen LogP contribution in [-0.4, -0.2) is 40.5 Å². The molecule has 33 heavy (non-hydrogen) atoms. The van der Waals surface area contributed by atoms with E-state index in [1.807, 2.05) is 6.92 Å². The minimum atomic E-state index is -0.349. The maximum atomic E-state index is 13.5. The van der Waals surface area contributed by atoms with Crippen LogP contribution in [0.15, 0.2) is 48.7 Å². The van der Waals surface area contributed by atoms with E-state index in [2.05, 4.69) is 48.1 Å². The fraction of sp³-hybridized carbons (Fsp3) is 0.250. The SMILES string of the molecule is CCCNc1nc(Nc2cccc(F)c2)ncc1C#Cc1cccc(NC(=O)[C@H](C)NC)n1. The molecule has 9 heteroatoms. The third-order valence-corrected chi connectivity index (χ3v) is 4.56. The second-order valence-electron chi connectivity index (χ2n) is 7.18. The molecule has 0 fully saturated rings. The van der Waals surface area contributed by atoms with Gasteiger partial charge in [0.1, 0.15) is 23.1 Å². The van der Waals surface area contributed by atoms with Crippen molar-refractivity contribution in [3.05, 3.63) is 65.7 Å². The molecule has 0 aliphatic rings. The van der Waals surface area contributed by atoms with E-state index in [4.69, 9.17) is 0 Å². The highest BCUT2D eigenvalue weighted by Gasteiger charge is 2.11. The van der Waals surface area contributed by atoms with Gasteiger partial charge in [-0.1, -0.05) is 25.0 Å². The van der Waals surface area contributed by atoms with E-state index in [-0.39, 0.29) is 17.8 Å². The zero-order valence-corrected chi connectivity index (χ0v) is 18.7. The summed E-state index contributed by atoms with van der Waals surface area (Å²) in [6.07, 6.45) is 2.50. The molecular weight excluding hydrogens is 421 g/mol. The van der Waals surface area contributed by atoms with Crippen LogP contribution in [0.2, 0.25) is 0 Å². The van der Waals surface area contributed by atoms with E-state index in [1.54, 1.807) is 50.5 Å². The van der Waals surface area contributed by atoms with Gasteiger partial charge in [0, 0.05) is 12.2 Å². The maximum absolute atomic E-state index is 13.5. The average molecular weight is 448 g/mol. The molecule has 1 atom stereocenters. The van der Waals surface area contributed by atoms with Crippen molar-refractivity contribution in [3.63, 3.8) is 0 Å². The fourth-order valence-electron chi connectivity index (χ4n) is 2.68. The monoisotopic (exact) mass is 447 g/mol. The lowest BCUT2D eigenvalue weighted by atomic mass is 10.2. The van der Waals surface area contributed by atoms with Crippen LogP contribution in [0.3, 0.4) is 0 Å². The summed E-state index contributed by atoms with van der Waals surface area (Å²) in [7, 11) is 1.71. The van der Waals surface area contributed by atoms with Crippen LogP contribution in [0.1, 0.15) is 31.5 Å². The summed E-state index contributed by atoms with van der Waals surface area (Å²) in [4.78, 5) is 25.2. The van der Waals surface area contributed by atoms with Crippen molar-refractivity contribution >= 4 is 29.2 Å². The molecule has 0 saturated carbocycles. The number of nitrogens with one attached hydrogen (secondary N) is 4. The van der Waals surface area contributed by atoms with Gasteiger partial charge in [-0.05, 0) is 56.6 Å². The van der Waals surface area contributed by atoms with E-state index in [0.29, 0.717) is 41.1 Å². The second-order valence-corrected chi connectivity index (χ2v) is 7.18. The van der Waals surface area contributed by atoms with Crippen LogP contribution in [-0.2, 0) is 4.79 Å². The first kappa shape index (κ1) is 23.6. The van der Waals surface area contributed by atoms with Gasteiger partial charge in [-0.2, -0.15) is 4.98 Å². The lowest BCUT2D eigenvalue weighted by molar-refractivity contribution is -0.117. The summed E-state index contributed by atoms with van der Waals surface area (Å²) >= 11 is 0. The molecule has 0 unspecified atom stereocenters. The van der Waals surface area contributed by atoms with Crippen molar-refractivity contribution < 1.29 is 9.18 Å². The van der Waals surface area contributed by atoms with Crippen LogP contribution in [0.25, 0.3) is 0 Å². The number of hydrogen-bond acceptors (Lipinski definition) is 7. The van der Waals surface area contributed by atoms with Gasteiger partial charge in [0.15, 0.2) is 0 Å². The molecule has 1 aromatic carbocycles. The molecule has 0 saturated heterocycles. The standard InChI is InChI=1S/C24H26FN7O/c1-4-13-27-22-17(15-28-24(32-22)30-20-9-5-7-18(25)14-20)11-12-19-8-6-10-21(29-19)31-23(33)16(2)26-3/h5-10,14-16,26H,4,13H2,1-3H3,(H,29,31,33)(H2,27,28,30,32)/t16-/m0/s1. The molecule has 0 bridgehead atoms. The van der Waals surface area contributed by atoms with Gasteiger partial charge in [-0.25, -0.2) is 14.4 Å². The lowest BCUT2D eigenvalue weighted by Gasteiger charge is -2.10. The van der Waals surface area contributed by atoms with Gasteiger partial charge in [-0.15, -0.1) is 0 Å². The van der Waals surface area contributed by atoms with Crippen molar-refractivity contribution in [3.8, 4) is 11.8 Å². The number of carbonyl (C=O) groups is 1. The Morgan fingerprint density at radius 3 is 2.73 bits per heavy atom. The highest BCUT2D eigenvalue weighted by molar-refractivity contribution is 5.93. The van der Waals surface area contributed by atoms with Crippen LogP contribution < -0.4 is 21.3 Å². The van der Waals surface area contributed by atoms with Gasteiger partial charge >= 0.3 is 0 Å². The number of aromatic nitrogens is 3. The Morgan fingerprint density at radius 2 is 1.97 bits per heavy atom. The van der Waals surface area contributed by atoms with Gasteiger partial charge in [-0.3, -0.25) is 4.79 Å². The quantitative estimate of drug-likeness (QED) is 0.392. The summed E-state index contributed by atoms with van der Waals surface area (Å²) in [5.74, 6) is 6.81. The normalized spacial score (nSPS) is 11.2. The summed E-state index contributed by atoms with van der Waals surface area (Å²) in [5, 5.41) is 11.9. The predicted octanol–water partition coefficient (Wildman–Crippen LogP) is 3.52. The molecule has 3 rings (SSSR count). The average Bonchev–Trinajstić information content (AvgIpc) is 2.81. The van der Waals surface area contributed by atoms with Gasteiger partial charge < -0.3 is 21.3 Å². The molecule has 2 aromatic heterocycles. The van der Waals surface area contributed by atoms with Crippen LogP contribution in [0, 0.1) is 17.7 Å². The molecule has 0 aliphatic heterocycles. The number of rotatable bonds is 8. The topological polar surface area (TPSA) is 104 Å². The zero-order valence-electron chi connectivity index (χ0n) is 18.7. The Balaban J connectivity index is 1.82. The lowest BCUT2D eigenvalue weighted by Crippen LogP contribution is -2.35. The molecule has 0 radical (unpaired) electrons. The summed E-state index contributed by atoms with van der Waals surface area (Å²) < 4.78 is 13.5. The third kappa shape index (κ3) is 6.98. The number of anilines is 4. The number of nitrogens with zero attached hydrogens (tertiary/aromatic N) is 3. The van der Waals surface area contributed by atoms with Gasteiger partial charge in [0.05, 0.1) is 17.8 Å². The van der Waals surface area contributed by atoms with Crippen molar-refractivity contribution in [2.24, 2.45) is 0 Å². The Hall–Kier alpha value is -4.03. The van der Waals surface area contributed by atoms with Crippen LogP contribution in [0.4, 0.5) is 27.7 Å². The number of likely N-dealkylation sites (N-methyl/N-ethyl adjacent to an activating group) is 1. The predicted molar refractivity (Wildman–Crippen MR) is 128 cm³/mol. The maximum Gasteiger partial charge on any atom is 0.242 e. The number of amides is 1. The van der Waals surface area contributed by atoms with Crippen molar-refractivity contribution in [1.29, 1.82) is 0 Å². The minimum absolute atomic E-state index is 0.184. The summed E-state index contributed by atoms with van der Waals surface area (Å²) in [6.45, 7) is 4.51. The number of benzene rings is 1. The molecular formula is C24H26FN7O. The first-order chi connectivity index (χ1) is 16.0. The number of pyridine rings is 1. The summed E-state index contributed by atoms with van der Waals surface area (Å²) in [5.41, 5.74) is 1.63. The van der Waals surface area contributed by atoms with Crippen molar-refractivity contribution in [1.82, 2.24) is 20.3 Å². The summed E-state index contributed by atoms with van der Waals surface area (Å²) in [6, 6.07) is 11.0. The first-order valence-electron chi connectivity index (χ1n) is 10.6. The number of carbonyl (C=O) groups excluding carboxylic acids is 1. The van der Waals surface area contributed by atoms with Gasteiger partial charge in [0.25, 0.3) is 0 Å². The molecule has 8 nitrogen and oxygen atoms in total. The van der Waals surface area contributed by atoms with E-state index in [0.717, 1.165) is 6.42 Å². The first-order valence-corrected chi connectivity index (χ1v) is 10.6. The highest BCUT2D eigenvalue weighted by Crippen LogP contribution is 2.18. The van der Waals surface area contributed by atoms with E-state index < -0.39 is 0 Å². The Bertz CT molecular complexity index is 1170. The van der Waals surface area contributed by atoms with Crippen LogP contribution >= 0.6 is 0 Å². The zero-order chi connectivity index (χ0) is 23.6. The minimum Gasteiger partial charge on any atom is -0.369 e. The second kappa shape index (κ2) is 11.5. The number of halogens is 1. The van der Waals surface area contributed by atoms with Crippen molar-refractivity contribution in [2.45, 2.75) is 26.3 Å². The van der Waals surface area contributed by atoms with E-state index in [9.17, 15) is 9.18 Å². The molecule has 0 aliphatic carbocycles. The van der Waals surface area contributed by atoms with E-state index >= 15 is 0 Å². The highest BCUT2D eigenvalue weighted by atomic mass is 19.1. The molecule has 4 N–H and O–H groups in total. The molecule has 170 valence electrons. The molecule has 1 amide bonds. The fourth-order valence-corrected chi connectivity index (χ4v) is 2.68. The Morgan fingerprint density at radius 1 is 1.15 bits per heavy atom. The largest absolute Gasteiger partial charge is 0.369 e. The molecule has 2 heterocycles. The Kier molecular flexibility index (Phi) is 8.27. The molecule has 3 aromatic rings. The van der Waals surface area contributed by atoms with Gasteiger partial charge in [0.2, 0.25) is 11.9 Å². The van der Waals surface area contributed by atoms with Crippen LogP contribution in [0.5, 0.6) is 0 Å². The van der Waals surface area contributed by atoms with E-state index in [1.165, 1.54) is 12.1 Å².